The van der Waals surface area contributed by atoms with Crippen LogP contribution in [0, 0.1) is 12.8 Å². The molecule has 9 heteroatoms. The number of carbonyl (C=O) groups is 2. The Hall–Kier alpha value is -3.10. The van der Waals surface area contributed by atoms with Crippen LogP contribution in [0.15, 0.2) is 22.9 Å². The first-order chi connectivity index (χ1) is 15.9. The Morgan fingerprint density at radius 3 is 2.70 bits per heavy atom. The molecule has 0 aliphatic heterocycles. The van der Waals surface area contributed by atoms with E-state index in [9.17, 15) is 14.7 Å². The van der Waals surface area contributed by atoms with Crippen LogP contribution in [0.1, 0.15) is 62.8 Å². The average Bonchev–Trinajstić information content (AvgIpc) is 3.51. The van der Waals surface area contributed by atoms with Crippen LogP contribution in [-0.4, -0.2) is 51.2 Å². The highest BCUT2D eigenvalue weighted by Gasteiger charge is 2.29. The summed E-state index contributed by atoms with van der Waals surface area (Å²) in [6, 6.07) is 3.84. The van der Waals surface area contributed by atoms with Crippen molar-refractivity contribution in [3.05, 3.63) is 30.0 Å². The van der Waals surface area contributed by atoms with E-state index in [1.54, 1.807) is 18.0 Å². The lowest BCUT2D eigenvalue weighted by Gasteiger charge is -2.27. The fourth-order valence-corrected chi connectivity index (χ4v) is 4.71. The van der Waals surface area contributed by atoms with Gasteiger partial charge in [0.2, 0.25) is 0 Å². The zero-order valence-corrected chi connectivity index (χ0v) is 19.2. The van der Waals surface area contributed by atoms with E-state index in [0.717, 1.165) is 38.5 Å². The van der Waals surface area contributed by atoms with Crippen LogP contribution in [0.4, 0.5) is 4.79 Å². The molecule has 178 valence electrons. The highest BCUT2D eigenvalue weighted by atomic mass is 16.6. The minimum Gasteiger partial charge on any atom is -0.489 e. The Morgan fingerprint density at radius 1 is 1.18 bits per heavy atom. The first-order valence-electron chi connectivity index (χ1n) is 11.6. The number of ether oxygens (including phenoxy) is 2. The van der Waals surface area contributed by atoms with Crippen LogP contribution >= 0.6 is 0 Å². The molecule has 2 saturated carbocycles. The summed E-state index contributed by atoms with van der Waals surface area (Å²) in [5.74, 6) is -0.0589. The molecule has 0 radical (unpaired) electrons. The molecule has 2 aromatic heterocycles. The van der Waals surface area contributed by atoms with Gasteiger partial charge in [-0.1, -0.05) is 12.8 Å². The third-order valence-electron chi connectivity index (χ3n) is 6.68. The van der Waals surface area contributed by atoms with Gasteiger partial charge in [-0.15, -0.1) is 0 Å². The quantitative estimate of drug-likeness (QED) is 0.642. The van der Waals surface area contributed by atoms with Gasteiger partial charge in [0.1, 0.15) is 11.4 Å². The lowest BCUT2D eigenvalue weighted by molar-refractivity contribution is -0.143. The van der Waals surface area contributed by atoms with E-state index in [-0.39, 0.29) is 30.8 Å². The second kappa shape index (κ2) is 10.2. The number of pyridine rings is 1. The number of carboxylic acid groups (broad SMARTS) is 1. The number of hydrogen-bond donors (Lipinski definition) is 1. The minimum absolute atomic E-state index is 0.0249. The third-order valence-corrected chi connectivity index (χ3v) is 6.68. The van der Waals surface area contributed by atoms with Crippen LogP contribution < -0.4 is 4.74 Å². The number of aryl methyl sites for hydroxylation is 1. The molecule has 2 aromatic rings. The Morgan fingerprint density at radius 2 is 1.97 bits per heavy atom. The van der Waals surface area contributed by atoms with Gasteiger partial charge < -0.3 is 23.9 Å². The van der Waals surface area contributed by atoms with E-state index < -0.39 is 5.97 Å². The molecule has 2 heterocycles. The van der Waals surface area contributed by atoms with Gasteiger partial charge in [0, 0.05) is 13.1 Å². The van der Waals surface area contributed by atoms with Crippen molar-refractivity contribution in [2.45, 2.75) is 77.0 Å². The first kappa shape index (κ1) is 23.1. The molecule has 0 bridgehead atoms. The highest BCUT2D eigenvalue weighted by molar-refractivity contribution is 5.70. The van der Waals surface area contributed by atoms with Crippen molar-refractivity contribution in [1.29, 1.82) is 0 Å². The first-order valence-corrected chi connectivity index (χ1v) is 11.6. The second-order valence-corrected chi connectivity index (χ2v) is 8.95. The van der Waals surface area contributed by atoms with E-state index in [1.807, 2.05) is 13.0 Å². The van der Waals surface area contributed by atoms with Crippen molar-refractivity contribution in [3.8, 4) is 17.1 Å². The summed E-state index contributed by atoms with van der Waals surface area (Å²) in [5.41, 5.74) is 1.79. The van der Waals surface area contributed by atoms with Crippen molar-refractivity contribution in [2.24, 2.45) is 5.92 Å². The van der Waals surface area contributed by atoms with Crippen molar-refractivity contribution in [2.75, 3.05) is 7.05 Å². The van der Waals surface area contributed by atoms with Crippen LogP contribution in [0.2, 0.25) is 0 Å². The highest BCUT2D eigenvalue weighted by Crippen LogP contribution is 2.31. The molecule has 0 saturated heterocycles. The topological polar surface area (TPSA) is 115 Å². The van der Waals surface area contributed by atoms with Crippen molar-refractivity contribution >= 4 is 12.1 Å². The largest absolute Gasteiger partial charge is 0.489 e. The van der Waals surface area contributed by atoms with E-state index in [2.05, 4.69) is 9.97 Å². The van der Waals surface area contributed by atoms with Gasteiger partial charge in [-0.25, -0.2) is 14.8 Å². The third kappa shape index (κ3) is 5.46. The summed E-state index contributed by atoms with van der Waals surface area (Å²) in [5, 5.41) is 9.29. The van der Waals surface area contributed by atoms with Crippen molar-refractivity contribution < 1.29 is 28.6 Å². The van der Waals surface area contributed by atoms with E-state index in [0.29, 0.717) is 41.4 Å². The number of hydrogen-bond acceptors (Lipinski definition) is 7. The van der Waals surface area contributed by atoms with Crippen LogP contribution in [-0.2, 0) is 16.1 Å². The van der Waals surface area contributed by atoms with Crippen LogP contribution in [0.5, 0.6) is 5.75 Å². The number of carboxylic acids is 1. The Labute approximate surface area is 193 Å². The van der Waals surface area contributed by atoms with Gasteiger partial charge in [-0.2, -0.15) is 0 Å². The Balaban J connectivity index is 1.39. The van der Waals surface area contributed by atoms with E-state index in [4.69, 9.17) is 13.9 Å². The molecule has 4 rings (SSSR count). The monoisotopic (exact) mass is 457 g/mol. The zero-order valence-electron chi connectivity index (χ0n) is 19.2. The zero-order chi connectivity index (χ0) is 23.4. The minimum atomic E-state index is -0.762. The predicted octanol–water partition coefficient (Wildman–Crippen LogP) is 4.58. The molecule has 2 aliphatic rings. The van der Waals surface area contributed by atoms with Crippen LogP contribution in [0.3, 0.4) is 0 Å². The summed E-state index contributed by atoms with van der Waals surface area (Å²) in [6.45, 7) is 1.82. The summed E-state index contributed by atoms with van der Waals surface area (Å²) < 4.78 is 17.0. The number of aliphatic carboxylic acids is 1. The normalized spacial score (nSPS) is 21.0. The molecule has 2 aliphatic carbocycles. The number of carbonyl (C=O) groups excluding carboxylic acids is 1. The van der Waals surface area contributed by atoms with E-state index in [1.165, 1.54) is 6.39 Å². The summed E-state index contributed by atoms with van der Waals surface area (Å²) in [6.07, 6.45) is 7.97. The second-order valence-electron chi connectivity index (χ2n) is 8.95. The summed E-state index contributed by atoms with van der Waals surface area (Å²) in [7, 11) is 1.77. The van der Waals surface area contributed by atoms with Gasteiger partial charge in [0.05, 0.1) is 23.4 Å². The maximum Gasteiger partial charge on any atom is 0.410 e. The van der Waals surface area contributed by atoms with Gasteiger partial charge >= 0.3 is 12.1 Å². The molecule has 2 fully saturated rings. The van der Waals surface area contributed by atoms with E-state index >= 15 is 0 Å². The van der Waals surface area contributed by atoms with Crippen molar-refractivity contribution in [1.82, 2.24) is 14.9 Å². The Kier molecular flexibility index (Phi) is 7.15. The molecule has 0 spiro atoms. The Bertz CT molecular complexity index is 984. The van der Waals surface area contributed by atoms with Gasteiger partial charge in [0.25, 0.3) is 0 Å². The number of rotatable bonds is 7. The summed E-state index contributed by atoms with van der Waals surface area (Å²) >= 11 is 0. The lowest BCUT2D eigenvalue weighted by Crippen LogP contribution is -2.35. The summed E-state index contributed by atoms with van der Waals surface area (Å²) in [4.78, 5) is 34.2. The molecule has 0 unspecified atom stereocenters. The maximum absolute atomic E-state index is 12.4. The standard InChI is InChI=1S/C24H31N3O6/c1-15-20(33-18-9-5-6-16(12-18)23(28)29)11-10-19(26-15)22-21(32-14-25-22)13-31-24(30)27(2)17-7-3-4-8-17/h10-11,14,16-18H,3-9,12-13H2,1-2H3,(H,28,29)/t16-,18-/m0/s1. The molecular weight excluding hydrogens is 426 g/mol. The van der Waals surface area contributed by atoms with Gasteiger partial charge in [-0.05, 0) is 57.6 Å². The average molecular weight is 458 g/mol. The number of amides is 1. The van der Waals surface area contributed by atoms with Crippen molar-refractivity contribution in [3.63, 3.8) is 0 Å². The SMILES string of the molecule is Cc1nc(-c2ncoc2COC(=O)N(C)C2CCCC2)ccc1O[C@H]1CCC[C@H](C(=O)O)C1. The smallest absolute Gasteiger partial charge is 0.410 e. The number of oxazole rings is 1. The molecular formula is C24H31N3O6. The fraction of sp³-hybridized carbons (Fsp3) is 0.583. The number of nitrogens with zero attached hydrogens (tertiary/aromatic N) is 3. The lowest BCUT2D eigenvalue weighted by atomic mass is 9.87. The van der Waals surface area contributed by atoms with Crippen LogP contribution in [0.25, 0.3) is 11.4 Å². The molecule has 9 nitrogen and oxygen atoms in total. The fourth-order valence-electron chi connectivity index (χ4n) is 4.71. The molecule has 1 amide bonds. The van der Waals surface area contributed by atoms with Gasteiger partial charge in [-0.3, -0.25) is 4.79 Å². The molecule has 2 atom stereocenters. The molecule has 0 aromatic carbocycles. The van der Waals surface area contributed by atoms with Gasteiger partial charge in [0.15, 0.2) is 18.8 Å². The predicted molar refractivity (Wildman–Crippen MR) is 119 cm³/mol. The molecule has 33 heavy (non-hydrogen) atoms. The molecule has 1 N–H and O–H groups in total. The number of aromatic nitrogens is 2. The maximum atomic E-state index is 12.4.